The number of nitrogens with zero attached hydrogens (tertiary/aromatic N) is 2. The minimum atomic E-state index is -2.79. The fourth-order valence-corrected chi connectivity index (χ4v) is 4.96. The standard InChI is InChI=1S/C18H36N4O2S/c1-2-19-18(20-10-6-5-9-17-7-3-4-8-17)21-11-12-22-13-15-25(23,24)16-14-22/h17H,2-16H2,1H3,(H2,19,20,21). The average Bonchev–Trinajstić information content (AvgIpc) is 3.09. The van der Waals surface area contributed by atoms with Crippen LogP contribution >= 0.6 is 0 Å². The van der Waals surface area contributed by atoms with Gasteiger partial charge in [0.2, 0.25) is 0 Å². The first-order valence-corrected chi connectivity index (χ1v) is 11.9. The van der Waals surface area contributed by atoms with Crippen LogP contribution in [0.1, 0.15) is 51.9 Å². The zero-order chi connectivity index (χ0) is 18.0. The quantitative estimate of drug-likeness (QED) is 0.366. The molecule has 2 N–H and O–H groups in total. The van der Waals surface area contributed by atoms with Gasteiger partial charge in [0.25, 0.3) is 0 Å². The molecule has 2 aliphatic rings. The molecule has 1 aliphatic carbocycles. The van der Waals surface area contributed by atoms with Crippen LogP contribution in [0.3, 0.4) is 0 Å². The van der Waals surface area contributed by atoms with Gasteiger partial charge < -0.3 is 10.6 Å². The van der Waals surface area contributed by atoms with Gasteiger partial charge in [-0.25, -0.2) is 8.42 Å². The van der Waals surface area contributed by atoms with Crippen molar-refractivity contribution < 1.29 is 8.42 Å². The van der Waals surface area contributed by atoms with Crippen LogP contribution in [0.25, 0.3) is 0 Å². The summed E-state index contributed by atoms with van der Waals surface area (Å²) in [6, 6.07) is 0. The van der Waals surface area contributed by atoms with Crippen molar-refractivity contribution in [3.05, 3.63) is 0 Å². The molecule has 1 saturated carbocycles. The van der Waals surface area contributed by atoms with E-state index >= 15 is 0 Å². The van der Waals surface area contributed by atoms with Gasteiger partial charge in [-0.2, -0.15) is 0 Å². The second-order valence-electron chi connectivity index (χ2n) is 7.33. The van der Waals surface area contributed by atoms with E-state index in [4.69, 9.17) is 0 Å². The lowest BCUT2D eigenvalue weighted by molar-refractivity contribution is 0.299. The molecule has 0 bridgehead atoms. The maximum atomic E-state index is 11.4. The molecule has 2 rings (SSSR count). The van der Waals surface area contributed by atoms with E-state index in [2.05, 4.69) is 27.4 Å². The van der Waals surface area contributed by atoms with Crippen LogP contribution in [0.2, 0.25) is 0 Å². The molecule has 2 fully saturated rings. The van der Waals surface area contributed by atoms with Crippen LogP contribution in [-0.2, 0) is 9.84 Å². The summed E-state index contributed by atoms with van der Waals surface area (Å²) in [4.78, 5) is 6.87. The highest BCUT2D eigenvalue weighted by Crippen LogP contribution is 2.28. The topological polar surface area (TPSA) is 73.8 Å². The van der Waals surface area contributed by atoms with E-state index < -0.39 is 9.84 Å². The highest BCUT2D eigenvalue weighted by Gasteiger charge is 2.20. The molecule has 0 atom stereocenters. The third-order valence-electron chi connectivity index (χ3n) is 5.27. The summed E-state index contributed by atoms with van der Waals surface area (Å²) in [7, 11) is -2.79. The summed E-state index contributed by atoms with van der Waals surface area (Å²) < 4.78 is 22.9. The minimum Gasteiger partial charge on any atom is -0.357 e. The number of unbranched alkanes of at least 4 members (excludes halogenated alkanes) is 1. The van der Waals surface area contributed by atoms with Gasteiger partial charge in [0.05, 0.1) is 11.5 Å². The lowest BCUT2D eigenvalue weighted by atomic mass is 10.0. The largest absolute Gasteiger partial charge is 0.357 e. The van der Waals surface area contributed by atoms with E-state index in [0.717, 1.165) is 44.5 Å². The average molecular weight is 373 g/mol. The number of rotatable bonds is 9. The zero-order valence-corrected chi connectivity index (χ0v) is 16.6. The fraction of sp³-hybridized carbons (Fsp3) is 0.944. The molecule has 0 aromatic rings. The van der Waals surface area contributed by atoms with E-state index in [1.54, 1.807) is 0 Å². The van der Waals surface area contributed by atoms with Gasteiger partial charge in [0.1, 0.15) is 0 Å². The van der Waals surface area contributed by atoms with Crippen molar-refractivity contribution in [1.29, 1.82) is 0 Å². The molecule has 0 radical (unpaired) electrons. The summed E-state index contributed by atoms with van der Waals surface area (Å²) in [5.41, 5.74) is 0. The number of aliphatic imine (C=N–C) groups is 1. The minimum absolute atomic E-state index is 0.294. The molecule has 0 amide bonds. The lowest BCUT2D eigenvalue weighted by Gasteiger charge is -2.26. The van der Waals surface area contributed by atoms with Crippen LogP contribution < -0.4 is 10.6 Å². The third-order valence-corrected chi connectivity index (χ3v) is 6.88. The van der Waals surface area contributed by atoms with Crippen molar-refractivity contribution in [3.63, 3.8) is 0 Å². The summed E-state index contributed by atoms with van der Waals surface area (Å²) in [6.45, 7) is 6.78. The van der Waals surface area contributed by atoms with Crippen LogP contribution in [0.15, 0.2) is 4.99 Å². The second-order valence-corrected chi connectivity index (χ2v) is 9.63. The predicted molar refractivity (Wildman–Crippen MR) is 105 cm³/mol. The van der Waals surface area contributed by atoms with Crippen molar-refractivity contribution in [3.8, 4) is 0 Å². The van der Waals surface area contributed by atoms with E-state index in [9.17, 15) is 8.42 Å². The van der Waals surface area contributed by atoms with Crippen molar-refractivity contribution in [1.82, 2.24) is 15.5 Å². The third kappa shape index (κ3) is 8.40. The van der Waals surface area contributed by atoms with Gasteiger partial charge in [-0.15, -0.1) is 0 Å². The maximum absolute atomic E-state index is 11.4. The Hall–Kier alpha value is -0.820. The van der Waals surface area contributed by atoms with Crippen molar-refractivity contribution in [2.75, 3.05) is 50.8 Å². The summed E-state index contributed by atoms with van der Waals surface area (Å²) in [5.74, 6) is 2.45. The molecule has 1 aliphatic heterocycles. The normalized spacial score (nSPS) is 22.2. The van der Waals surface area contributed by atoms with Gasteiger partial charge in [-0.3, -0.25) is 9.89 Å². The highest BCUT2D eigenvalue weighted by atomic mass is 32.2. The van der Waals surface area contributed by atoms with Gasteiger partial charge in [-0.05, 0) is 19.3 Å². The van der Waals surface area contributed by atoms with Gasteiger partial charge in [-0.1, -0.05) is 38.5 Å². The smallest absolute Gasteiger partial charge is 0.191 e. The Kier molecular flexibility index (Phi) is 9.03. The number of nitrogens with one attached hydrogen (secondary N) is 2. The second kappa shape index (κ2) is 11.0. The molecule has 0 unspecified atom stereocenters. The summed E-state index contributed by atoms with van der Waals surface area (Å²) in [5, 5.41) is 6.66. The molecule has 25 heavy (non-hydrogen) atoms. The van der Waals surface area contributed by atoms with E-state index in [-0.39, 0.29) is 0 Å². The summed E-state index contributed by atoms with van der Waals surface area (Å²) in [6.07, 6.45) is 9.56. The lowest BCUT2D eigenvalue weighted by Crippen LogP contribution is -2.46. The molecule has 0 aromatic heterocycles. The molecule has 0 spiro atoms. The Morgan fingerprint density at radius 3 is 2.52 bits per heavy atom. The molecule has 6 nitrogen and oxygen atoms in total. The Labute approximate surface area is 153 Å². The number of sulfone groups is 1. The first-order chi connectivity index (χ1) is 12.1. The predicted octanol–water partition coefficient (Wildman–Crippen LogP) is 1.63. The molecule has 146 valence electrons. The van der Waals surface area contributed by atoms with Crippen LogP contribution in [0.5, 0.6) is 0 Å². The molecule has 1 saturated heterocycles. The van der Waals surface area contributed by atoms with Gasteiger partial charge in [0.15, 0.2) is 15.8 Å². The highest BCUT2D eigenvalue weighted by molar-refractivity contribution is 7.91. The molecular formula is C18H36N4O2S. The Balaban J connectivity index is 1.58. The number of guanidine groups is 1. The van der Waals surface area contributed by atoms with Crippen LogP contribution in [-0.4, -0.2) is 70.1 Å². The van der Waals surface area contributed by atoms with Crippen molar-refractivity contribution in [2.24, 2.45) is 10.9 Å². The van der Waals surface area contributed by atoms with E-state index in [0.29, 0.717) is 24.6 Å². The molecular weight excluding hydrogens is 336 g/mol. The Bertz CT molecular complexity index is 487. The molecule has 7 heteroatoms. The number of hydrogen-bond donors (Lipinski definition) is 2. The first-order valence-electron chi connectivity index (χ1n) is 10.0. The monoisotopic (exact) mass is 372 g/mol. The Morgan fingerprint density at radius 2 is 1.84 bits per heavy atom. The fourth-order valence-electron chi connectivity index (χ4n) is 3.68. The van der Waals surface area contributed by atoms with Gasteiger partial charge >= 0.3 is 0 Å². The van der Waals surface area contributed by atoms with Crippen molar-refractivity contribution >= 4 is 15.8 Å². The Morgan fingerprint density at radius 1 is 1.12 bits per heavy atom. The maximum Gasteiger partial charge on any atom is 0.191 e. The SMILES string of the molecule is CCNC(=NCCCCC1CCCC1)NCCN1CCS(=O)(=O)CC1. The zero-order valence-electron chi connectivity index (χ0n) is 15.8. The van der Waals surface area contributed by atoms with Crippen LogP contribution in [0, 0.1) is 5.92 Å². The summed E-state index contributed by atoms with van der Waals surface area (Å²) >= 11 is 0. The molecule has 0 aromatic carbocycles. The van der Waals surface area contributed by atoms with E-state index in [1.165, 1.54) is 38.5 Å². The molecule has 1 heterocycles. The first kappa shape index (κ1) is 20.5. The van der Waals surface area contributed by atoms with Crippen LogP contribution in [0.4, 0.5) is 0 Å². The van der Waals surface area contributed by atoms with E-state index in [1.807, 2.05) is 0 Å². The van der Waals surface area contributed by atoms with Crippen molar-refractivity contribution in [2.45, 2.75) is 51.9 Å². The van der Waals surface area contributed by atoms with Gasteiger partial charge in [0, 0.05) is 39.3 Å². The number of hydrogen-bond acceptors (Lipinski definition) is 4.